The minimum Gasteiger partial charge on any atom is -0.447 e. The summed E-state index contributed by atoms with van der Waals surface area (Å²) >= 11 is 0. The van der Waals surface area contributed by atoms with Crippen LogP contribution in [0.4, 0.5) is 10.5 Å². The van der Waals surface area contributed by atoms with Gasteiger partial charge in [0.05, 0.1) is 6.04 Å². The molecule has 0 radical (unpaired) electrons. The average molecular weight is 221 g/mol. The summed E-state index contributed by atoms with van der Waals surface area (Å²) in [6.07, 6.45) is 0.212. The third kappa shape index (κ3) is 2.02. The largest absolute Gasteiger partial charge is 0.447 e. The monoisotopic (exact) mass is 221 g/mol. The fraction of sp³-hybridized carbons (Fsp3) is 0.417. The summed E-state index contributed by atoms with van der Waals surface area (Å²) in [5, 5.41) is 8.94. The maximum Gasteiger partial charge on any atom is 0.414 e. The summed E-state index contributed by atoms with van der Waals surface area (Å²) in [6, 6.07) is 7.65. The van der Waals surface area contributed by atoms with Crippen LogP contribution >= 0.6 is 0 Å². The van der Waals surface area contributed by atoms with Crippen LogP contribution < -0.4 is 4.90 Å². The molecular weight excluding hydrogens is 206 g/mol. The van der Waals surface area contributed by atoms with Crippen LogP contribution in [-0.2, 0) is 4.74 Å². The van der Waals surface area contributed by atoms with Crippen molar-refractivity contribution in [2.75, 3.05) is 18.1 Å². The van der Waals surface area contributed by atoms with E-state index in [0.29, 0.717) is 13.0 Å². The highest BCUT2D eigenvalue weighted by Gasteiger charge is 2.33. The molecule has 1 heterocycles. The predicted octanol–water partition coefficient (Wildman–Crippen LogP) is 1.70. The smallest absolute Gasteiger partial charge is 0.414 e. The molecule has 1 atom stereocenters. The summed E-state index contributed by atoms with van der Waals surface area (Å²) in [5.74, 6) is 0. The number of hydrogen-bond donors (Lipinski definition) is 1. The third-order valence-corrected chi connectivity index (χ3v) is 2.70. The second-order valence-electron chi connectivity index (χ2n) is 3.95. The molecule has 0 saturated carbocycles. The molecule has 0 bridgehead atoms. The van der Waals surface area contributed by atoms with E-state index in [0.717, 1.165) is 11.3 Å². The van der Waals surface area contributed by atoms with Crippen LogP contribution in [0.25, 0.3) is 0 Å². The summed E-state index contributed by atoms with van der Waals surface area (Å²) in [7, 11) is 0. The number of carbonyl (C=O) groups is 1. The van der Waals surface area contributed by atoms with Gasteiger partial charge in [0, 0.05) is 12.3 Å². The molecule has 0 aromatic heterocycles. The first kappa shape index (κ1) is 11.0. The van der Waals surface area contributed by atoms with E-state index in [4.69, 9.17) is 9.84 Å². The number of nitrogens with zero attached hydrogens (tertiary/aromatic N) is 1. The Morgan fingerprint density at radius 3 is 3.06 bits per heavy atom. The Bertz CT molecular complexity index is 392. The molecule has 1 aromatic carbocycles. The van der Waals surface area contributed by atoms with Gasteiger partial charge in [-0.1, -0.05) is 12.1 Å². The number of cyclic esters (lactones) is 1. The van der Waals surface area contributed by atoms with Gasteiger partial charge in [-0.25, -0.2) is 4.79 Å². The van der Waals surface area contributed by atoms with E-state index in [9.17, 15) is 4.79 Å². The van der Waals surface area contributed by atoms with Gasteiger partial charge >= 0.3 is 6.09 Å². The lowest BCUT2D eigenvalue weighted by molar-refractivity contribution is 0.176. The second-order valence-corrected chi connectivity index (χ2v) is 3.95. The Labute approximate surface area is 94.4 Å². The highest BCUT2D eigenvalue weighted by Crippen LogP contribution is 2.25. The molecule has 1 amide bonds. The minimum absolute atomic E-state index is 0.0562. The zero-order valence-electron chi connectivity index (χ0n) is 9.22. The third-order valence-electron chi connectivity index (χ3n) is 2.70. The number of ether oxygens (including phenoxy) is 1. The molecule has 1 aliphatic rings. The highest BCUT2D eigenvalue weighted by atomic mass is 16.6. The maximum atomic E-state index is 11.6. The first-order valence-electron chi connectivity index (χ1n) is 5.36. The molecule has 1 N–H and O–H groups in total. The van der Waals surface area contributed by atoms with Crippen LogP contribution in [0.1, 0.15) is 12.0 Å². The number of amides is 1. The summed E-state index contributed by atoms with van der Waals surface area (Å²) < 4.78 is 5.00. The fourth-order valence-electron chi connectivity index (χ4n) is 1.92. The molecule has 1 saturated heterocycles. The lowest BCUT2D eigenvalue weighted by Gasteiger charge is -2.20. The second kappa shape index (κ2) is 4.53. The highest BCUT2D eigenvalue weighted by molar-refractivity contribution is 5.90. The van der Waals surface area contributed by atoms with Gasteiger partial charge in [0.2, 0.25) is 0 Å². The molecule has 1 aromatic rings. The van der Waals surface area contributed by atoms with Gasteiger partial charge < -0.3 is 9.84 Å². The number of aliphatic hydroxyl groups excluding tert-OH is 1. The van der Waals surface area contributed by atoms with Crippen LogP contribution in [0.2, 0.25) is 0 Å². The van der Waals surface area contributed by atoms with Crippen molar-refractivity contribution in [3.8, 4) is 0 Å². The molecule has 4 nitrogen and oxygen atoms in total. The molecule has 16 heavy (non-hydrogen) atoms. The Hall–Kier alpha value is -1.55. The molecule has 86 valence electrons. The Kier molecular flexibility index (Phi) is 3.10. The fourth-order valence-corrected chi connectivity index (χ4v) is 1.92. The van der Waals surface area contributed by atoms with Gasteiger partial charge in [0.15, 0.2) is 0 Å². The van der Waals surface area contributed by atoms with Crippen molar-refractivity contribution in [1.29, 1.82) is 0 Å². The quantitative estimate of drug-likeness (QED) is 0.845. The van der Waals surface area contributed by atoms with Gasteiger partial charge in [0.25, 0.3) is 0 Å². The van der Waals surface area contributed by atoms with Gasteiger partial charge in [-0.2, -0.15) is 0 Å². The van der Waals surface area contributed by atoms with Crippen LogP contribution in [0.3, 0.4) is 0 Å². The molecule has 0 spiro atoms. The molecule has 4 heteroatoms. The zero-order valence-corrected chi connectivity index (χ0v) is 9.22. The van der Waals surface area contributed by atoms with Crippen molar-refractivity contribution in [2.45, 2.75) is 19.4 Å². The van der Waals surface area contributed by atoms with Crippen molar-refractivity contribution < 1.29 is 14.6 Å². The minimum atomic E-state index is -0.330. The van der Waals surface area contributed by atoms with Crippen LogP contribution in [-0.4, -0.2) is 30.5 Å². The summed E-state index contributed by atoms with van der Waals surface area (Å²) in [6.45, 7) is 2.39. The van der Waals surface area contributed by atoms with Crippen LogP contribution in [0.15, 0.2) is 24.3 Å². The van der Waals surface area contributed by atoms with E-state index in [2.05, 4.69) is 0 Å². The number of anilines is 1. The Morgan fingerprint density at radius 2 is 2.38 bits per heavy atom. The first-order chi connectivity index (χ1) is 7.72. The van der Waals surface area contributed by atoms with Gasteiger partial charge in [-0.15, -0.1) is 0 Å². The Balaban J connectivity index is 2.26. The predicted molar refractivity (Wildman–Crippen MR) is 60.5 cm³/mol. The van der Waals surface area contributed by atoms with Gasteiger partial charge in [0.1, 0.15) is 6.61 Å². The van der Waals surface area contributed by atoms with Crippen molar-refractivity contribution in [3.05, 3.63) is 29.8 Å². The van der Waals surface area contributed by atoms with Crippen molar-refractivity contribution in [2.24, 2.45) is 0 Å². The Morgan fingerprint density at radius 1 is 1.56 bits per heavy atom. The molecule has 0 aliphatic carbocycles. The molecule has 1 unspecified atom stereocenters. The lowest BCUT2D eigenvalue weighted by Crippen LogP contribution is -2.34. The average Bonchev–Trinajstić information content (AvgIpc) is 2.60. The molecular formula is C12H15NO3. The lowest BCUT2D eigenvalue weighted by atomic mass is 10.1. The molecule has 1 aliphatic heterocycles. The topological polar surface area (TPSA) is 49.8 Å². The van der Waals surface area contributed by atoms with Gasteiger partial charge in [-0.3, -0.25) is 4.90 Å². The van der Waals surface area contributed by atoms with E-state index >= 15 is 0 Å². The number of aliphatic hydroxyl groups is 1. The van der Waals surface area contributed by atoms with Crippen molar-refractivity contribution >= 4 is 11.8 Å². The number of rotatable bonds is 3. The van der Waals surface area contributed by atoms with E-state index in [1.54, 1.807) is 4.90 Å². The summed E-state index contributed by atoms with van der Waals surface area (Å²) in [5.41, 5.74) is 1.93. The number of aryl methyl sites for hydroxylation is 1. The van der Waals surface area contributed by atoms with Gasteiger partial charge in [-0.05, 0) is 31.0 Å². The molecule has 2 rings (SSSR count). The SMILES string of the molecule is Cc1cccc(N2C(=O)OCC2CCO)c1. The first-order valence-corrected chi connectivity index (χ1v) is 5.36. The number of benzene rings is 1. The number of carbonyl (C=O) groups excluding carboxylic acids is 1. The van der Waals surface area contributed by atoms with E-state index in [1.165, 1.54) is 0 Å². The van der Waals surface area contributed by atoms with Crippen LogP contribution in [0.5, 0.6) is 0 Å². The van der Waals surface area contributed by atoms with E-state index < -0.39 is 0 Å². The van der Waals surface area contributed by atoms with Crippen molar-refractivity contribution in [3.63, 3.8) is 0 Å². The van der Waals surface area contributed by atoms with Crippen LogP contribution in [0, 0.1) is 6.92 Å². The van der Waals surface area contributed by atoms with E-state index in [-0.39, 0.29) is 18.7 Å². The molecule has 1 fully saturated rings. The van der Waals surface area contributed by atoms with E-state index in [1.807, 2.05) is 31.2 Å². The standard InChI is InChI=1S/C12H15NO3/c1-9-3-2-4-10(7-9)13-11(5-6-14)8-16-12(13)15/h2-4,7,11,14H,5-6,8H2,1H3. The summed E-state index contributed by atoms with van der Waals surface area (Å²) in [4.78, 5) is 13.2. The maximum absolute atomic E-state index is 11.6. The van der Waals surface area contributed by atoms with Crippen molar-refractivity contribution in [1.82, 2.24) is 0 Å². The zero-order chi connectivity index (χ0) is 11.5. The number of hydrogen-bond acceptors (Lipinski definition) is 3. The normalized spacial score (nSPS) is 20.0.